The van der Waals surface area contributed by atoms with Crippen LogP contribution in [0.4, 0.5) is 0 Å². The Hall–Kier alpha value is -3.85. The van der Waals surface area contributed by atoms with Crippen LogP contribution in [-0.4, -0.2) is 54.9 Å². The summed E-state index contributed by atoms with van der Waals surface area (Å²) in [6.45, 7) is 9.36. The number of aliphatic imine (C=N–C) groups is 1. The average molecular weight is 536 g/mol. The van der Waals surface area contributed by atoms with E-state index in [1.54, 1.807) is 18.2 Å². The van der Waals surface area contributed by atoms with Gasteiger partial charge in [0, 0.05) is 43.1 Å². The number of rotatable bonds is 16. The standard InChI is InChI=1S/C29H37N5O5/c1-4-15-29(28(36)31-16-7-18-37-21(2)3)26(25-10-6-5-9-23(25)20-32-34-30)39-27(33-29)22-11-13-24(14-12-22)38-19-8-17-35/h4-6,9-14,21,26,35H,1,7-8,15-20H2,2-3H3,(H,31,36)/t26-,29-/m1/s1. The summed E-state index contributed by atoms with van der Waals surface area (Å²) in [5, 5.41) is 15.7. The predicted octanol–water partition coefficient (Wildman–Crippen LogP) is 5.02. The van der Waals surface area contributed by atoms with Crippen LogP contribution in [0.15, 0.2) is 71.3 Å². The molecule has 1 aliphatic heterocycles. The molecule has 2 aromatic carbocycles. The summed E-state index contributed by atoms with van der Waals surface area (Å²) in [5.41, 5.74) is 9.74. The molecule has 1 aliphatic rings. The van der Waals surface area contributed by atoms with Gasteiger partial charge in [0.25, 0.3) is 5.91 Å². The number of hydrogen-bond acceptors (Lipinski definition) is 7. The number of carbonyl (C=O) groups is 1. The van der Waals surface area contributed by atoms with Crippen LogP contribution in [0, 0.1) is 0 Å². The third-order valence-corrected chi connectivity index (χ3v) is 6.19. The van der Waals surface area contributed by atoms with Gasteiger partial charge in [0.15, 0.2) is 11.6 Å². The van der Waals surface area contributed by atoms with Crippen molar-refractivity contribution >= 4 is 11.8 Å². The van der Waals surface area contributed by atoms with Crippen molar-refractivity contribution in [1.82, 2.24) is 5.32 Å². The minimum absolute atomic E-state index is 0.0590. The molecule has 2 N–H and O–H groups in total. The number of aliphatic hydroxyl groups excluding tert-OH is 1. The lowest BCUT2D eigenvalue weighted by atomic mass is 9.82. The number of nitrogens with one attached hydrogen (secondary N) is 1. The summed E-state index contributed by atoms with van der Waals surface area (Å²) in [4.78, 5) is 21.6. The number of benzene rings is 2. The molecule has 0 bridgehead atoms. The summed E-state index contributed by atoms with van der Waals surface area (Å²) >= 11 is 0. The Morgan fingerprint density at radius 3 is 2.72 bits per heavy atom. The number of ether oxygens (including phenoxy) is 3. The van der Waals surface area contributed by atoms with Crippen molar-refractivity contribution in [2.75, 3.05) is 26.4 Å². The van der Waals surface area contributed by atoms with Crippen molar-refractivity contribution in [1.29, 1.82) is 0 Å². The molecular weight excluding hydrogens is 498 g/mol. The topological polar surface area (TPSA) is 138 Å². The third-order valence-electron chi connectivity index (χ3n) is 6.19. The van der Waals surface area contributed by atoms with Crippen LogP contribution >= 0.6 is 0 Å². The van der Waals surface area contributed by atoms with Gasteiger partial charge in [0.05, 0.1) is 19.3 Å². The van der Waals surface area contributed by atoms with Crippen molar-refractivity contribution in [3.8, 4) is 5.75 Å². The van der Waals surface area contributed by atoms with Crippen LogP contribution in [-0.2, 0) is 20.8 Å². The van der Waals surface area contributed by atoms with Gasteiger partial charge in [-0.25, -0.2) is 4.99 Å². The van der Waals surface area contributed by atoms with Gasteiger partial charge in [-0.05, 0) is 61.2 Å². The molecule has 39 heavy (non-hydrogen) atoms. The number of hydrogen-bond donors (Lipinski definition) is 2. The Balaban J connectivity index is 1.96. The number of azide groups is 1. The molecule has 10 heteroatoms. The molecule has 1 amide bonds. The Bertz CT molecular complexity index is 1180. The van der Waals surface area contributed by atoms with Crippen LogP contribution in [0.2, 0.25) is 0 Å². The van der Waals surface area contributed by atoms with E-state index < -0.39 is 11.6 Å². The molecule has 10 nitrogen and oxygen atoms in total. The van der Waals surface area contributed by atoms with Crippen LogP contribution in [0.1, 0.15) is 55.9 Å². The Kier molecular flexibility index (Phi) is 11.4. The van der Waals surface area contributed by atoms with Crippen molar-refractivity contribution < 1.29 is 24.1 Å². The Labute approximate surface area is 229 Å². The molecule has 0 saturated heterocycles. The minimum Gasteiger partial charge on any atom is -0.494 e. The second-order valence-corrected chi connectivity index (χ2v) is 9.40. The van der Waals surface area contributed by atoms with E-state index >= 15 is 0 Å². The molecule has 2 atom stereocenters. The number of aliphatic hydroxyl groups is 1. The molecule has 0 saturated carbocycles. The fourth-order valence-electron chi connectivity index (χ4n) is 4.30. The first kappa shape index (κ1) is 29.7. The van der Waals surface area contributed by atoms with Gasteiger partial charge < -0.3 is 24.6 Å². The molecule has 0 unspecified atom stereocenters. The second kappa shape index (κ2) is 14.9. The molecule has 2 aromatic rings. The summed E-state index contributed by atoms with van der Waals surface area (Å²) in [6.07, 6.45) is 2.43. The molecule has 0 spiro atoms. The van der Waals surface area contributed by atoms with E-state index in [2.05, 4.69) is 21.9 Å². The average Bonchev–Trinajstić information content (AvgIpc) is 3.32. The fourth-order valence-corrected chi connectivity index (χ4v) is 4.30. The highest BCUT2D eigenvalue weighted by Gasteiger charge is 2.52. The molecule has 0 radical (unpaired) electrons. The van der Waals surface area contributed by atoms with Crippen LogP contribution < -0.4 is 10.1 Å². The van der Waals surface area contributed by atoms with E-state index in [0.717, 1.165) is 5.56 Å². The number of amides is 1. The molecule has 1 heterocycles. The van der Waals surface area contributed by atoms with Gasteiger partial charge in [-0.1, -0.05) is 35.5 Å². The van der Waals surface area contributed by atoms with Gasteiger partial charge in [-0.3, -0.25) is 4.79 Å². The van der Waals surface area contributed by atoms with Crippen LogP contribution in [0.5, 0.6) is 5.75 Å². The highest BCUT2D eigenvalue weighted by molar-refractivity contribution is 6.01. The highest BCUT2D eigenvalue weighted by atomic mass is 16.5. The predicted molar refractivity (Wildman–Crippen MR) is 150 cm³/mol. The fraction of sp³-hybridized carbons (Fsp3) is 0.448. The maximum atomic E-state index is 13.8. The van der Waals surface area contributed by atoms with E-state index in [1.807, 2.05) is 50.2 Å². The van der Waals surface area contributed by atoms with E-state index in [9.17, 15) is 4.79 Å². The zero-order valence-corrected chi connectivity index (χ0v) is 22.6. The first-order valence-electron chi connectivity index (χ1n) is 13.1. The smallest absolute Gasteiger partial charge is 0.252 e. The lowest BCUT2D eigenvalue weighted by Crippen LogP contribution is -2.48. The summed E-state index contributed by atoms with van der Waals surface area (Å²) in [6, 6.07) is 14.7. The number of carbonyl (C=O) groups excluding carboxylic acids is 1. The van der Waals surface area contributed by atoms with Gasteiger partial charge in [0.1, 0.15) is 5.75 Å². The van der Waals surface area contributed by atoms with E-state index in [4.69, 9.17) is 29.8 Å². The molecule has 3 rings (SSSR count). The first-order valence-corrected chi connectivity index (χ1v) is 13.1. The third kappa shape index (κ3) is 7.83. The maximum absolute atomic E-state index is 13.8. The molecule has 208 valence electrons. The highest BCUT2D eigenvalue weighted by Crippen LogP contribution is 2.44. The summed E-state index contributed by atoms with van der Waals surface area (Å²) in [5.74, 6) is 0.691. The summed E-state index contributed by atoms with van der Waals surface area (Å²) in [7, 11) is 0. The van der Waals surface area contributed by atoms with Gasteiger partial charge in [-0.15, -0.1) is 6.58 Å². The lowest BCUT2D eigenvalue weighted by Gasteiger charge is -2.30. The van der Waals surface area contributed by atoms with E-state index in [1.165, 1.54) is 0 Å². The number of nitrogens with zero attached hydrogens (tertiary/aromatic N) is 4. The first-order chi connectivity index (χ1) is 18.9. The van der Waals surface area contributed by atoms with Crippen molar-refractivity contribution in [3.63, 3.8) is 0 Å². The molecule has 0 fully saturated rings. The van der Waals surface area contributed by atoms with Crippen molar-refractivity contribution in [3.05, 3.63) is 88.3 Å². The van der Waals surface area contributed by atoms with Crippen LogP contribution in [0.3, 0.4) is 0 Å². The summed E-state index contributed by atoms with van der Waals surface area (Å²) < 4.78 is 17.7. The second-order valence-electron chi connectivity index (χ2n) is 9.40. The normalized spacial score (nSPS) is 18.2. The van der Waals surface area contributed by atoms with Gasteiger partial charge in [-0.2, -0.15) is 0 Å². The van der Waals surface area contributed by atoms with E-state index in [-0.39, 0.29) is 31.6 Å². The van der Waals surface area contributed by atoms with Crippen LogP contribution in [0.25, 0.3) is 10.4 Å². The monoisotopic (exact) mass is 535 g/mol. The quantitative estimate of drug-likeness (QED) is 0.102. The molecule has 0 aromatic heterocycles. The SMILES string of the molecule is C=CC[C@@]1(C(=O)NCCCOC(C)C)N=C(c2ccc(OCCCO)cc2)O[C@@H]1c1ccccc1CN=[N+]=[N-]. The Morgan fingerprint density at radius 2 is 2.03 bits per heavy atom. The molecular formula is C29H37N5O5. The largest absolute Gasteiger partial charge is 0.494 e. The van der Waals surface area contributed by atoms with Gasteiger partial charge in [0.2, 0.25) is 5.90 Å². The zero-order valence-electron chi connectivity index (χ0n) is 22.6. The maximum Gasteiger partial charge on any atom is 0.252 e. The molecule has 0 aliphatic carbocycles. The Morgan fingerprint density at radius 1 is 1.26 bits per heavy atom. The lowest BCUT2D eigenvalue weighted by molar-refractivity contribution is -0.128. The minimum atomic E-state index is -1.32. The zero-order chi connectivity index (χ0) is 28.1. The van der Waals surface area contributed by atoms with Gasteiger partial charge >= 0.3 is 0 Å². The van der Waals surface area contributed by atoms with Crippen molar-refractivity contribution in [2.45, 2.75) is 57.4 Å². The van der Waals surface area contributed by atoms with E-state index in [0.29, 0.717) is 55.4 Å². The van der Waals surface area contributed by atoms with Crippen molar-refractivity contribution in [2.24, 2.45) is 10.1 Å².